The van der Waals surface area contributed by atoms with Crippen molar-refractivity contribution in [3.05, 3.63) is 96.4 Å². The summed E-state index contributed by atoms with van der Waals surface area (Å²) in [6.45, 7) is 1.71. The molecule has 0 saturated carbocycles. The van der Waals surface area contributed by atoms with Crippen LogP contribution in [0.2, 0.25) is 0 Å². The number of allylic oxidation sites excluding steroid dienone is 1. The van der Waals surface area contributed by atoms with Gasteiger partial charge in [0.1, 0.15) is 5.82 Å². The van der Waals surface area contributed by atoms with E-state index in [1.54, 1.807) is 19.1 Å². The maximum atomic E-state index is 13.6. The lowest BCUT2D eigenvalue weighted by Gasteiger charge is -2.24. The van der Waals surface area contributed by atoms with Crippen molar-refractivity contribution in [1.29, 1.82) is 0 Å². The Balaban J connectivity index is 1.91. The Morgan fingerprint density at radius 1 is 1.16 bits per heavy atom. The van der Waals surface area contributed by atoms with Crippen LogP contribution in [-0.4, -0.2) is 31.7 Å². The molecule has 2 aromatic carbocycles. The lowest BCUT2D eigenvalue weighted by Crippen LogP contribution is -2.39. The molecule has 0 spiro atoms. The summed E-state index contributed by atoms with van der Waals surface area (Å²) < 4.78 is 20.5. The molecule has 8 heteroatoms. The molecule has 1 aromatic heterocycles. The third-order valence-corrected chi connectivity index (χ3v) is 6.30. The van der Waals surface area contributed by atoms with E-state index in [1.807, 2.05) is 49.3 Å². The fourth-order valence-electron chi connectivity index (χ4n) is 3.67. The first kappa shape index (κ1) is 21.7. The standard InChI is InChI=1S/C24H22FN3O3S/c1-14-20(23(30)31-4)21(16-7-9-17(25)10-8-16)28-22(29)19(32-24(28)26-14)13-15-5-11-18(12-6-15)27(2)3/h5-13,21H,1-4H3/b19-13+/t21-/m0/s1. The van der Waals surface area contributed by atoms with E-state index in [9.17, 15) is 14.0 Å². The second-order valence-corrected chi connectivity index (χ2v) is 8.62. The van der Waals surface area contributed by atoms with Crippen LogP contribution in [0.25, 0.3) is 6.08 Å². The quantitative estimate of drug-likeness (QED) is 0.572. The van der Waals surface area contributed by atoms with Crippen molar-refractivity contribution < 1.29 is 13.9 Å². The van der Waals surface area contributed by atoms with Gasteiger partial charge >= 0.3 is 5.97 Å². The second-order valence-electron chi connectivity index (χ2n) is 7.61. The van der Waals surface area contributed by atoms with Gasteiger partial charge in [-0.2, -0.15) is 0 Å². The predicted octanol–water partition coefficient (Wildman–Crippen LogP) is 2.61. The highest BCUT2D eigenvalue weighted by Crippen LogP contribution is 2.30. The van der Waals surface area contributed by atoms with Crippen LogP contribution in [0.15, 0.2) is 69.6 Å². The molecule has 2 heterocycles. The van der Waals surface area contributed by atoms with Gasteiger partial charge < -0.3 is 9.64 Å². The van der Waals surface area contributed by atoms with Gasteiger partial charge in [-0.3, -0.25) is 9.36 Å². The van der Waals surface area contributed by atoms with Gasteiger partial charge in [0.2, 0.25) is 0 Å². The van der Waals surface area contributed by atoms with Gasteiger partial charge in [-0.15, -0.1) is 0 Å². The van der Waals surface area contributed by atoms with Gasteiger partial charge in [-0.25, -0.2) is 14.2 Å². The number of fused-ring (bicyclic) bond motifs is 1. The molecule has 1 atom stereocenters. The van der Waals surface area contributed by atoms with Crippen molar-refractivity contribution >= 4 is 29.1 Å². The number of esters is 1. The number of carbonyl (C=O) groups excluding carboxylic acids is 1. The topological polar surface area (TPSA) is 63.9 Å². The number of benzene rings is 2. The van der Waals surface area contributed by atoms with Crippen molar-refractivity contribution in [3.8, 4) is 0 Å². The molecule has 0 fully saturated rings. The Morgan fingerprint density at radius 3 is 2.41 bits per heavy atom. The molecular weight excluding hydrogens is 429 g/mol. The minimum Gasteiger partial charge on any atom is -0.466 e. The number of rotatable bonds is 4. The molecule has 4 rings (SSSR count). The van der Waals surface area contributed by atoms with Crippen molar-refractivity contribution in [2.45, 2.75) is 13.0 Å². The van der Waals surface area contributed by atoms with Crippen LogP contribution in [0, 0.1) is 5.82 Å². The van der Waals surface area contributed by atoms with Gasteiger partial charge in [-0.05, 0) is 48.4 Å². The predicted molar refractivity (Wildman–Crippen MR) is 123 cm³/mol. The Morgan fingerprint density at radius 2 is 1.81 bits per heavy atom. The monoisotopic (exact) mass is 451 g/mol. The Bertz CT molecular complexity index is 1380. The van der Waals surface area contributed by atoms with Crippen LogP contribution in [0.3, 0.4) is 0 Å². The molecular formula is C24H22FN3O3S. The summed E-state index contributed by atoms with van der Waals surface area (Å²) in [4.78, 5) is 33.0. The average molecular weight is 452 g/mol. The van der Waals surface area contributed by atoms with Crippen molar-refractivity contribution in [3.63, 3.8) is 0 Å². The first-order valence-electron chi connectivity index (χ1n) is 9.94. The summed E-state index contributed by atoms with van der Waals surface area (Å²) in [5.74, 6) is -0.975. The third-order valence-electron chi connectivity index (χ3n) is 5.32. The van der Waals surface area contributed by atoms with Gasteiger partial charge in [0.15, 0.2) is 4.80 Å². The van der Waals surface area contributed by atoms with Crippen LogP contribution in [0.4, 0.5) is 10.1 Å². The molecule has 1 aliphatic rings. The number of anilines is 1. The number of carbonyl (C=O) groups is 1. The fourth-order valence-corrected chi connectivity index (χ4v) is 4.72. The summed E-state index contributed by atoms with van der Waals surface area (Å²) in [5.41, 5.74) is 2.99. The van der Waals surface area contributed by atoms with E-state index >= 15 is 0 Å². The number of aromatic nitrogens is 1. The molecule has 0 radical (unpaired) electrons. The van der Waals surface area contributed by atoms with Crippen LogP contribution in [0.5, 0.6) is 0 Å². The lowest BCUT2D eigenvalue weighted by molar-refractivity contribution is -0.136. The summed E-state index contributed by atoms with van der Waals surface area (Å²) in [5, 5.41) is 0. The molecule has 32 heavy (non-hydrogen) atoms. The third kappa shape index (κ3) is 3.89. The number of nitrogens with zero attached hydrogens (tertiary/aromatic N) is 3. The lowest BCUT2D eigenvalue weighted by atomic mass is 9.96. The zero-order valence-electron chi connectivity index (χ0n) is 18.1. The first-order valence-corrected chi connectivity index (χ1v) is 10.8. The van der Waals surface area contributed by atoms with Crippen LogP contribution in [-0.2, 0) is 9.53 Å². The molecule has 0 unspecified atom stereocenters. The number of hydrogen-bond donors (Lipinski definition) is 0. The SMILES string of the molecule is COC(=O)C1=C(C)N=c2s/c(=C/c3ccc(N(C)C)cc3)c(=O)n2[C@H]1c1ccc(F)cc1. The maximum Gasteiger partial charge on any atom is 0.338 e. The highest BCUT2D eigenvalue weighted by atomic mass is 32.1. The van der Waals surface area contributed by atoms with E-state index in [0.29, 0.717) is 20.6 Å². The Hall–Kier alpha value is -3.52. The van der Waals surface area contributed by atoms with Gasteiger partial charge in [0.05, 0.1) is 29.0 Å². The number of thiazole rings is 1. The van der Waals surface area contributed by atoms with Crippen LogP contribution in [0.1, 0.15) is 24.1 Å². The zero-order valence-corrected chi connectivity index (χ0v) is 18.9. The van der Waals surface area contributed by atoms with E-state index in [2.05, 4.69) is 4.99 Å². The number of hydrogen-bond acceptors (Lipinski definition) is 6. The number of halogens is 1. The first-order chi connectivity index (χ1) is 15.3. The van der Waals surface area contributed by atoms with E-state index in [1.165, 1.54) is 35.1 Å². The molecule has 0 amide bonds. The number of methoxy groups -OCH3 is 1. The largest absolute Gasteiger partial charge is 0.466 e. The number of ether oxygens (including phenoxy) is 1. The van der Waals surface area contributed by atoms with Crippen molar-refractivity contribution in [2.24, 2.45) is 4.99 Å². The van der Waals surface area contributed by atoms with E-state index in [-0.39, 0.29) is 11.1 Å². The normalized spacial score (nSPS) is 15.9. The molecule has 3 aromatic rings. The highest BCUT2D eigenvalue weighted by Gasteiger charge is 2.33. The Labute approximate surface area is 188 Å². The zero-order chi connectivity index (χ0) is 23.0. The van der Waals surface area contributed by atoms with E-state index in [4.69, 9.17) is 4.74 Å². The molecule has 6 nitrogen and oxygen atoms in total. The van der Waals surface area contributed by atoms with E-state index in [0.717, 1.165) is 11.3 Å². The van der Waals surface area contributed by atoms with Crippen LogP contribution < -0.4 is 19.8 Å². The Kier molecular flexibility index (Phi) is 5.80. The molecule has 1 aliphatic heterocycles. The highest BCUT2D eigenvalue weighted by molar-refractivity contribution is 7.07. The minimum atomic E-state index is -0.752. The summed E-state index contributed by atoms with van der Waals surface area (Å²) in [7, 11) is 5.21. The molecule has 0 saturated heterocycles. The molecule has 164 valence electrons. The molecule has 0 N–H and O–H groups in total. The summed E-state index contributed by atoms with van der Waals surface area (Å²) in [6.07, 6.45) is 1.81. The van der Waals surface area contributed by atoms with Gasteiger partial charge in [0.25, 0.3) is 5.56 Å². The van der Waals surface area contributed by atoms with Gasteiger partial charge in [-0.1, -0.05) is 35.6 Å². The van der Waals surface area contributed by atoms with Crippen molar-refractivity contribution in [1.82, 2.24) is 4.57 Å². The fraction of sp³-hybridized carbons (Fsp3) is 0.208. The second kappa shape index (κ2) is 8.55. The van der Waals surface area contributed by atoms with Gasteiger partial charge in [0, 0.05) is 19.8 Å². The summed E-state index contributed by atoms with van der Waals surface area (Å²) >= 11 is 1.25. The average Bonchev–Trinajstić information content (AvgIpc) is 3.08. The van der Waals surface area contributed by atoms with Crippen molar-refractivity contribution in [2.75, 3.05) is 26.1 Å². The maximum absolute atomic E-state index is 13.6. The molecule has 0 bridgehead atoms. The summed E-state index contributed by atoms with van der Waals surface area (Å²) in [6, 6.07) is 12.8. The van der Waals surface area contributed by atoms with Crippen LogP contribution >= 0.6 is 11.3 Å². The van der Waals surface area contributed by atoms with E-state index < -0.39 is 17.8 Å². The molecule has 0 aliphatic carbocycles. The minimum absolute atomic E-state index is 0.258. The smallest absolute Gasteiger partial charge is 0.338 e.